The molecule has 0 amide bonds. The summed E-state index contributed by atoms with van der Waals surface area (Å²) in [5.74, 6) is 0. The number of hydrogen-bond acceptors (Lipinski definition) is 6. The number of nitrogens with zero attached hydrogens (tertiary/aromatic N) is 3. The molecule has 0 unspecified atom stereocenters. The van der Waals surface area contributed by atoms with E-state index in [0.29, 0.717) is 0 Å². The average Bonchev–Trinajstić information content (AvgIpc) is 3.51. The van der Waals surface area contributed by atoms with Gasteiger partial charge in [-0.15, -0.1) is 21.5 Å². The lowest BCUT2D eigenvalue weighted by molar-refractivity contribution is 0.750. The predicted molar refractivity (Wildman–Crippen MR) is 129 cm³/mol. The van der Waals surface area contributed by atoms with Crippen LogP contribution in [0.4, 0.5) is 5.13 Å². The maximum Gasteiger partial charge on any atom is 0.206 e. The van der Waals surface area contributed by atoms with Gasteiger partial charge in [0.05, 0.1) is 11.7 Å². The molecule has 0 aliphatic carbocycles. The molecule has 0 radical (unpaired) electrons. The van der Waals surface area contributed by atoms with Crippen LogP contribution in [0.2, 0.25) is 0 Å². The van der Waals surface area contributed by atoms with E-state index in [1.807, 2.05) is 42.5 Å². The highest BCUT2D eigenvalue weighted by atomic mass is 32.1. The normalized spacial score (nSPS) is 11.9. The van der Waals surface area contributed by atoms with E-state index in [1.165, 1.54) is 5.56 Å². The molecule has 1 atom stereocenters. The van der Waals surface area contributed by atoms with E-state index in [0.717, 1.165) is 38.4 Å². The summed E-state index contributed by atoms with van der Waals surface area (Å²) >= 11 is 3.24. The van der Waals surface area contributed by atoms with E-state index in [-0.39, 0.29) is 6.04 Å². The summed E-state index contributed by atoms with van der Waals surface area (Å²) in [6.07, 6.45) is 0.819. The lowest BCUT2D eigenvalue weighted by atomic mass is 10.0. The molecule has 1 N–H and O–H groups in total. The number of nitrogens with one attached hydrogen (secondary N) is 1. The molecule has 31 heavy (non-hydrogen) atoms. The highest BCUT2D eigenvalue weighted by Crippen LogP contribution is 2.32. The van der Waals surface area contributed by atoms with Crippen LogP contribution in [0.3, 0.4) is 0 Å². The Bertz CT molecular complexity index is 1230. The van der Waals surface area contributed by atoms with E-state index < -0.39 is 0 Å². The number of anilines is 1. The number of hydrogen-bond donors (Lipinski definition) is 1. The van der Waals surface area contributed by atoms with Crippen LogP contribution < -0.4 is 5.32 Å². The van der Waals surface area contributed by atoms with Crippen molar-refractivity contribution < 1.29 is 0 Å². The second-order valence-corrected chi connectivity index (χ2v) is 8.94. The van der Waals surface area contributed by atoms with Crippen LogP contribution in [0, 0.1) is 0 Å². The van der Waals surface area contributed by atoms with E-state index in [2.05, 4.69) is 69.4 Å². The molecule has 2 aromatic heterocycles. The van der Waals surface area contributed by atoms with Crippen molar-refractivity contribution in [2.45, 2.75) is 12.5 Å². The summed E-state index contributed by atoms with van der Waals surface area (Å²) < 4.78 is 0. The third-order valence-corrected chi connectivity index (χ3v) is 6.74. The van der Waals surface area contributed by atoms with Crippen molar-refractivity contribution in [3.63, 3.8) is 0 Å². The van der Waals surface area contributed by atoms with Crippen LogP contribution in [-0.4, -0.2) is 15.2 Å². The van der Waals surface area contributed by atoms with Crippen molar-refractivity contribution in [1.82, 2.24) is 15.2 Å². The summed E-state index contributed by atoms with van der Waals surface area (Å²) in [7, 11) is 0. The lowest BCUT2D eigenvalue weighted by Crippen LogP contribution is -2.14. The molecule has 0 fully saturated rings. The molecule has 4 nitrogen and oxygen atoms in total. The van der Waals surface area contributed by atoms with Gasteiger partial charge >= 0.3 is 0 Å². The van der Waals surface area contributed by atoms with Gasteiger partial charge in [0.15, 0.2) is 0 Å². The zero-order valence-electron chi connectivity index (χ0n) is 16.7. The van der Waals surface area contributed by atoms with E-state index in [1.54, 1.807) is 22.7 Å². The van der Waals surface area contributed by atoms with Crippen molar-refractivity contribution in [1.29, 1.82) is 0 Å². The second kappa shape index (κ2) is 9.20. The topological polar surface area (TPSA) is 50.7 Å². The van der Waals surface area contributed by atoms with Crippen molar-refractivity contribution in [2.75, 3.05) is 5.32 Å². The molecule has 3 aromatic carbocycles. The Kier molecular flexibility index (Phi) is 5.82. The van der Waals surface area contributed by atoms with Crippen molar-refractivity contribution >= 4 is 27.8 Å². The van der Waals surface area contributed by atoms with Gasteiger partial charge in [-0.25, -0.2) is 4.98 Å². The fourth-order valence-electron chi connectivity index (χ4n) is 3.37. The predicted octanol–water partition coefficient (Wildman–Crippen LogP) is 6.72. The Morgan fingerprint density at radius 1 is 0.710 bits per heavy atom. The van der Waals surface area contributed by atoms with Crippen LogP contribution in [0.25, 0.3) is 21.1 Å². The van der Waals surface area contributed by atoms with E-state index in [4.69, 9.17) is 4.98 Å². The minimum absolute atomic E-state index is 0.00712. The zero-order chi connectivity index (χ0) is 20.9. The number of aromatic nitrogens is 3. The van der Waals surface area contributed by atoms with E-state index >= 15 is 0 Å². The second-order valence-electron chi connectivity index (χ2n) is 7.11. The van der Waals surface area contributed by atoms with Gasteiger partial charge in [-0.3, -0.25) is 0 Å². The van der Waals surface area contributed by atoms with Crippen molar-refractivity contribution in [2.24, 2.45) is 0 Å². The molecule has 0 saturated carbocycles. The van der Waals surface area contributed by atoms with Gasteiger partial charge < -0.3 is 5.32 Å². The molecular weight excluding hydrogens is 420 g/mol. The molecule has 6 heteroatoms. The van der Waals surface area contributed by atoms with Gasteiger partial charge in [-0.1, -0.05) is 102 Å². The van der Waals surface area contributed by atoms with Gasteiger partial charge in [0.2, 0.25) is 5.13 Å². The number of rotatable bonds is 7. The van der Waals surface area contributed by atoms with Gasteiger partial charge in [0.25, 0.3) is 0 Å². The van der Waals surface area contributed by atoms with Crippen molar-refractivity contribution in [3.05, 3.63) is 108 Å². The Hall–Kier alpha value is -3.35. The highest BCUT2D eigenvalue weighted by Gasteiger charge is 2.19. The molecule has 0 saturated heterocycles. The maximum absolute atomic E-state index is 4.95. The molecule has 5 aromatic rings. The molecule has 0 bridgehead atoms. The Morgan fingerprint density at radius 3 is 2.00 bits per heavy atom. The van der Waals surface area contributed by atoms with Crippen LogP contribution in [-0.2, 0) is 6.42 Å². The largest absolute Gasteiger partial charge is 0.351 e. The third-order valence-electron chi connectivity index (χ3n) is 4.93. The molecule has 0 aliphatic rings. The highest BCUT2D eigenvalue weighted by molar-refractivity contribution is 7.18. The van der Waals surface area contributed by atoms with Gasteiger partial charge in [0.1, 0.15) is 10.0 Å². The van der Waals surface area contributed by atoms with Crippen LogP contribution in [0.1, 0.15) is 17.3 Å². The summed E-state index contributed by atoms with van der Waals surface area (Å²) in [5, 5.41) is 17.2. The smallest absolute Gasteiger partial charge is 0.206 e. The first kappa shape index (κ1) is 19.6. The first-order chi connectivity index (χ1) is 15.3. The monoisotopic (exact) mass is 440 g/mol. The van der Waals surface area contributed by atoms with Crippen LogP contribution in [0.5, 0.6) is 0 Å². The van der Waals surface area contributed by atoms with E-state index in [9.17, 15) is 0 Å². The summed E-state index contributed by atoms with van der Waals surface area (Å²) in [6, 6.07) is 30.9. The fraction of sp³-hybridized carbons (Fsp3) is 0.0800. The number of benzene rings is 3. The fourth-order valence-corrected chi connectivity index (χ4v) is 5.05. The lowest BCUT2D eigenvalue weighted by Gasteiger charge is -2.16. The Morgan fingerprint density at radius 2 is 1.32 bits per heavy atom. The summed E-state index contributed by atoms with van der Waals surface area (Å²) in [6.45, 7) is 0. The quantitative estimate of drug-likeness (QED) is 0.305. The van der Waals surface area contributed by atoms with Gasteiger partial charge in [-0.05, 0) is 12.0 Å². The summed E-state index contributed by atoms with van der Waals surface area (Å²) in [5.41, 5.74) is 4.48. The minimum atomic E-state index is 0.00712. The molecule has 0 aliphatic heterocycles. The molecule has 2 heterocycles. The summed E-state index contributed by atoms with van der Waals surface area (Å²) in [4.78, 5) is 4.95. The third kappa shape index (κ3) is 4.71. The average molecular weight is 441 g/mol. The molecule has 152 valence electrons. The van der Waals surface area contributed by atoms with Gasteiger partial charge in [-0.2, -0.15) is 0 Å². The first-order valence-corrected chi connectivity index (χ1v) is 11.7. The SMILES string of the molecule is c1ccc(C[C@H](Nc2nnc(-c3ccccc3)s2)c2csc(-c3ccccc3)n2)cc1. The van der Waals surface area contributed by atoms with Gasteiger partial charge in [0, 0.05) is 16.5 Å². The molecule has 0 spiro atoms. The van der Waals surface area contributed by atoms with Crippen LogP contribution in [0.15, 0.2) is 96.4 Å². The Balaban J connectivity index is 1.43. The van der Waals surface area contributed by atoms with Crippen molar-refractivity contribution in [3.8, 4) is 21.1 Å². The standard InChI is InChI=1S/C25H20N4S2/c1-4-10-18(11-5-1)16-21(22-17-30-23(26-22)19-12-6-2-7-13-19)27-25-29-28-24(31-25)20-14-8-3-9-15-20/h1-15,17,21H,16H2,(H,27,29)/t21-/m0/s1. The minimum Gasteiger partial charge on any atom is -0.351 e. The molecule has 5 rings (SSSR count). The zero-order valence-corrected chi connectivity index (χ0v) is 18.3. The molecular formula is C25H20N4S2. The Labute approximate surface area is 189 Å². The number of thiazole rings is 1. The maximum atomic E-state index is 4.95. The van der Waals surface area contributed by atoms with Crippen LogP contribution >= 0.6 is 22.7 Å². The first-order valence-electron chi connectivity index (χ1n) is 10.1.